The lowest BCUT2D eigenvalue weighted by Crippen LogP contribution is -2.41. The molecule has 1 aromatic heterocycles. The number of rotatable bonds is 4. The Morgan fingerprint density at radius 3 is 2.38 bits per heavy atom. The molecule has 0 bridgehead atoms. The van der Waals surface area contributed by atoms with Gasteiger partial charge in [-0.25, -0.2) is 9.97 Å². The number of nitrogens with zero attached hydrogens (tertiary/aromatic N) is 3. The Morgan fingerprint density at radius 1 is 1.12 bits per heavy atom. The second-order valence-electron chi connectivity index (χ2n) is 6.36. The van der Waals surface area contributed by atoms with Crippen LogP contribution in [0.2, 0.25) is 0 Å². The summed E-state index contributed by atoms with van der Waals surface area (Å²) in [5.41, 5.74) is 2.54. The van der Waals surface area contributed by atoms with E-state index in [1.807, 2.05) is 31.2 Å². The van der Waals surface area contributed by atoms with E-state index in [9.17, 15) is 13.2 Å². The molecule has 0 spiro atoms. The highest BCUT2D eigenvalue weighted by Gasteiger charge is 2.32. The Balaban J connectivity index is 1.54. The van der Waals surface area contributed by atoms with Crippen molar-refractivity contribution in [2.45, 2.75) is 25.9 Å². The number of benzene rings is 1. The number of alkyl halides is 3. The number of halogens is 3. The van der Waals surface area contributed by atoms with Crippen LogP contribution in [0.15, 0.2) is 24.3 Å². The third kappa shape index (κ3) is 4.35. The van der Waals surface area contributed by atoms with Crippen molar-refractivity contribution in [3.63, 3.8) is 0 Å². The van der Waals surface area contributed by atoms with Gasteiger partial charge in [-0.15, -0.1) is 0 Å². The number of hydrogen-bond donors (Lipinski definition) is 1. The summed E-state index contributed by atoms with van der Waals surface area (Å²) in [5.74, 6) is 1.12. The van der Waals surface area contributed by atoms with Gasteiger partial charge in [-0.3, -0.25) is 4.90 Å². The van der Waals surface area contributed by atoms with Gasteiger partial charge in [0.25, 0.3) is 0 Å². The molecule has 1 N–H and O–H groups in total. The summed E-state index contributed by atoms with van der Waals surface area (Å²) in [5, 5.41) is 3.32. The molecule has 0 atom stereocenters. The highest BCUT2D eigenvalue weighted by molar-refractivity contribution is 5.76. The number of likely N-dealkylation sites (tertiary alicyclic amines) is 1. The van der Waals surface area contributed by atoms with Crippen LogP contribution in [-0.2, 0) is 0 Å². The van der Waals surface area contributed by atoms with Crippen LogP contribution in [0.4, 0.5) is 19.0 Å². The third-order valence-electron chi connectivity index (χ3n) is 4.41. The largest absolute Gasteiger partial charge is 0.401 e. The van der Waals surface area contributed by atoms with E-state index in [2.05, 4.69) is 15.3 Å². The smallest absolute Gasteiger partial charge is 0.368 e. The Hall–Kier alpha value is -1.89. The number of fused-ring (bicyclic) bond motifs is 1. The number of hydrogen-bond acceptors (Lipinski definition) is 4. The van der Waals surface area contributed by atoms with Gasteiger partial charge in [-0.2, -0.15) is 13.2 Å². The van der Waals surface area contributed by atoms with E-state index < -0.39 is 12.7 Å². The van der Waals surface area contributed by atoms with E-state index in [4.69, 9.17) is 0 Å². The fraction of sp³-hybridized carbons (Fsp3) is 0.529. The van der Waals surface area contributed by atoms with Crippen LogP contribution >= 0.6 is 0 Å². The van der Waals surface area contributed by atoms with E-state index in [0.29, 0.717) is 25.6 Å². The van der Waals surface area contributed by atoms with Crippen molar-refractivity contribution < 1.29 is 13.2 Å². The molecule has 130 valence electrons. The molecule has 7 heteroatoms. The number of anilines is 1. The molecule has 0 amide bonds. The molecule has 0 radical (unpaired) electrons. The molecule has 2 aromatic rings. The summed E-state index contributed by atoms with van der Waals surface area (Å²) in [6.45, 7) is 2.81. The summed E-state index contributed by atoms with van der Waals surface area (Å²) in [4.78, 5) is 10.6. The molecule has 0 aliphatic carbocycles. The highest BCUT2D eigenvalue weighted by Crippen LogP contribution is 2.23. The fourth-order valence-electron chi connectivity index (χ4n) is 3.10. The number of piperidine rings is 1. The zero-order valence-electron chi connectivity index (χ0n) is 13.6. The molecule has 3 rings (SSSR count). The zero-order valence-corrected chi connectivity index (χ0v) is 13.6. The van der Waals surface area contributed by atoms with Crippen molar-refractivity contribution in [2.24, 2.45) is 5.92 Å². The molecule has 1 aliphatic heterocycles. The minimum atomic E-state index is -4.11. The maximum absolute atomic E-state index is 12.4. The van der Waals surface area contributed by atoms with Crippen LogP contribution in [0.3, 0.4) is 0 Å². The van der Waals surface area contributed by atoms with Gasteiger partial charge < -0.3 is 5.32 Å². The van der Waals surface area contributed by atoms with Crippen LogP contribution in [0.1, 0.15) is 18.5 Å². The van der Waals surface area contributed by atoms with Crippen LogP contribution in [0.25, 0.3) is 11.0 Å². The van der Waals surface area contributed by atoms with Crippen molar-refractivity contribution in [3.8, 4) is 0 Å². The minimum absolute atomic E-state index is 0.363. The second-order valence-corrected chi connectivity index (χ2v) is 6.36. The van der Waals surface area contributed by atoms with E-state index in [1.54, 1.807) is 0 Å². The van der Waals surface area contributed by atoms with Gasteiger partial charge in [0.1, 0.15) is 5.82 Å². The molecule has 0 unspecified atom stereocenters. The summed E-state index contributed by atoms with van der Waals surface area (Å²) >= 11 is 0. The summed E-state index contributed by atoms with van der Waals surface area (Å²) in [7, 11) is 0. The van der Waals surface area contributed by atoms with Gasteiger partial charge in [0.05, 0.1) is 23.3 Å². The van der Waals surface area contributed by atoms with Gasteiger partial charge in [0.15, 0.2) is 0 Å². The summed E-state index contributed by atoms with van der Waals surface area (Å²) in [6, 6.07) is 7.70. The molecule has 1 aromatic carbocycles. The highest BCUT2D eigenvalue weighted by atomic mass is 19.4. The van der Waals surface area contributed by atoms with E-state index in [-0.39, 0.29) is 0 Å². The molecular weight excluding hydrogens is 317 g/mol. The Bertz CT molecular complexity index is 694. The Morgan fingerprint density at radius 2 is 1.75 bits per heavy atom. The number of aromatic nitrogens is 2. The van der Waals surface area contributed by atoms with Crippen LogP contribution < -0.4 is 5.32 Å². The van der Waals surface area contributed by atoms with E-state index in [0.717, 1.165) is 35.4 Å². The molecule has 1 saturated heterocycles. The van der Waals surface area contributed by atoms with Crippen molar-refractivity contribution in [1.29, 1.82) is 0 Å². The van der Waals surface area contributed by atoms with Gasteiger partial charge >= 0.3 is 6.18 Å². The summed E-state index contributed by atoms with van der Waals surface area (Å²) < 4.78 is 37.2. The lowest BCUT2D eigenvalue weighted by atomic mass is 9.97. The van der Waals surface area contributed by atoms with E-state index in [1.165, 1.54) is 4.90 Å². The first kappa shape index (κ1) is 17.0. The van der Waals surface area contributed by atoms with Gasteiger partial charge in [0.2, 0.25) is 0 Å². The third-order valence-corrected chi connectivity index (χ3v) is 4.41. The second kappa shape index (κ2) is 6.93. The van der Waals surface area contributed by atoms with Crippen molar-refractivity contribution >= 4 is 16.9 Å². The van der Waals surface area contributed by atoms with E-state index >= 15 is 0 Å². The van der Waals surface area contributed by atoms with Crippen LogP contribution in [0, 0.1) is 12.8 Å². The van der Waals surface area contributed by atoms with Gasteiger partial charge in [-0.1, -0.05) is 12.1 Å². The fourth-order valence-corrected chi connectivity index (χ4v) is 3.10. The normalized spacial score (nSPS) is 17.3. The standard InChI is InChI=1S/C17H21F3N4/c1-12-16(23-15-5-3-2-4-14(15)22-12)21-10-13-6-8-24(9-7-13)11-17(18,19)20/h2-5,13H,6-11H2,1H3,(H,21,23). The molecule has 24 heavy (non-hydrogen) atoms. The van der Waals surface area contributed by atoms with Crippen LogP contribution in [0.5, 0.6) is 0 Å². The number of nitrogens with one attached hydrogen (secondary N) is 1. The average molecular weight is 338 g/mol. The Kier molecular flexibility index (Phi) is 4.89. The lowest BCUT2D eigenvalue weighted by Gasteiger charge is -2.32. The minimum Gasteiger partial charge on any atom is -0.368 e. The monoisotopic (exact) mass is 338 g/mol. The Labute approximate surface area is 139 Å². The average Bonchev–Trinajstić information content (AvgIpc) is 2.53. The predicted molar refractivity (Wildman–Crippen MR) is 88.0 cm³/mol. The van der Waals surface area contributed by atoms with Crippen molar-refractivity contribution in [2.75, 3.05) is 31.5 Å². The maximum atomic E-state index is 12.4. The first-order chi connectivity index (χ1) is 11.4. The molecule has 4 nitrogen and oxygen atoms in total. The SMILES string of the molecule is Cc1nc2ccccc2nc1NCC1CCN(CC(F)(F)F)CC1. The molecule has 2 heterocycles. The quantitative estimate of drug-likeness (QED) is 0.924. The lowest BCUT2D eigenvalue weighted by molar-refractivity contribution is -0.148. The predicted octanol–water partition coefficient (Wildman–Crippen LogP) is 3.62. The van der Waals surface area contributed by atoms with Gasteiger partial charge in [0, 0.05) is 6.54 Å². The van der Waals surface area contributed by atoms with Crippen molar-refractivity contribution in [3.05, 3.63) is 30.0 Å². The maximum Gasteiger partial charge on any atom is 0.401 e. The first-order valence-electron chi connectivity index (χ1n) is 8.17. The van der Waals surface area contributed by atoms with Gasteiger partial charge in [-0.05, 0) is 50.9 Å². The first-order valence-corrected chi connectivity index (χ1v) is 8.17. The molecule has 1 fully saturated rings. The van der Waals surface area contributed by atoms with Crippen LogP contribution in [-0.4, -0.2) is 47.2 Å². The van der Waals surface area contributed by atoms with Crippen molar-refractivity contribution in [1.82, 2.24) is 14.9 Å². The summed E-state index contributed by atoms with van der Waals surface area (Å²) in [6.07, 6.45) is -2.57. The molecule has 1 aliphatic rings. The zero-order chi connectivity index (χ0) is 17.2. The number of para-hydroxylation sites is 2. The number of aryl methyl sites for hydroxylation is 1. The molecular formula is C17H21F3N4. The topological polar surface area (TPSA) is 41.1 Å². The molecule has 0 saturated carbocycles.